The molecule has 0 fully saturated rings. The van der Waals surface area contributed by atoms with Gasteiger partial charge < -0.3 is 9.80 Å². The smallest absolute Gasteiger partial charge is 0.0991 e. The molecule has 0 aliphatic rings. The monoisotopic (exact) mass is 618 g/mol. The summed E-state index contributed by atoms with van der Waals surface area (Å²) in [6.07, 6.45) is 0. The highest BCUT2D eigenvalue weighted by molar-refractivity contribution is 7.26. The Balaban J connectivity index is 1.36. The Kier molecular flexibility index (Phi) is 7.08. The second kappa shape index (κ2) is 11.8. The molecule has 4 nitrogen and oxygen atoms in total. The van der Waals surface area contributed by atoms with Gasteiger partial charge in [-0.05, 0) is 102 Å². The van der Waals surface area contributed by atoms with E-state index in [1.165, 1.54) is 25.6 Å². The van der Waals surface area contributed by atoms with Gasteiger partial charge in [-0.2, -0.15) is 10.5 Å². The molecule has 0 spiro atoms. The van der Waals surface area contributed by atoms with Gasteiger partial charge in [0.05, 0.1) is 29.0 Å². The molecular weight excluding hydrogens is 593 g/mol. The molecule has 220 valence electrons. The van der Waals surface area contributed by atoms with Crippen LogP contribution in [0.25, 0.3) is 30.9 Å². The molecule has 8 rings (SSSR count). The summed E-state index contributed by atoms with van der Waals surface area (Å²) in [6.45, 7) is 0. The standard InChI is InChI=1S/C42H26N4S/c43-27-29-15-19-33(20-16-29)45(31-9-3-1-4-10-31)35-23-24-40-38(25-35)42-37-14-8-7-13-36(37)39(26-41(42)47-40)46(32-11-5-2-6-12-32)34-21-17-30(28-44)18-22-34/h1-26H. The summed E-state index contributed by atoms with van der Waals surface area (Å²) in [5.41, 5.74) is 7.47. The van der Waals surface area contributed by atoms with E-state index in [1.54, 1.807) is 11.3 Å². The summed E-state index contributed by atoms with van der Waals surface area (Å²) < 4.78 is 2.41. The quantitative estimate of drug-likeness (QED) is 0.186. The number of fused-ring (bicyclic) bond motifs is 5. The van der Waals surface area contributed by atoms with Gasteiger partial charge >= 0.3 is 0 Å². The molecule has 0 bridgehead atoms. The van der Waals surface area contributed by atoms with E-state index in [0.717, 1.165) is 39.5 Å². The van der Waals surface area contributed by atoms with Gasteiger partial charge in [-0.15, -0.1) is 11.3 Å². The number of nitriles is 2. The van der Waals surface area contributed by atoms with Gasteiger partial charge in [0.15, 0.2) is 0 Å². The Morgan fingerprint density at radius 3 is 1.49 bits per heavy atom. The molecular formula is C42H26N4S. The molecule has 47 heavy (non-hydrogen) atoms. The highest BCUT2D eigenvalue weighted by Crippen LogP contribution is 2.47. The molecule has 8 aromatic rings. The van der Waals surface area contributed by atoms with Crippen molar-refractivity contribution >= 4 is 76.4 Å². The Morgan fingerprint density at radius 1 is 0.404 bits per heavy atom. The Morgan fingerprint density at radius 2 is 0.894 bits per heavy atom. The highest BCUT2D eigenvalue weighted by atomic mass is 32.1. The van der Waals surface area contributed by atoms with Crippen LogP contribution in [0.15, 0.2) is 158 Å². The zero-order chi connectivity index (χ0) is 31.7. The second-order valence-corrected chi connectivity index (χ2v) is 12.3. The summed E-state index contributed by atoms with van der Waals surface area (Å²) >= 11 is 1.80. The van der Waals surface area contributed by atoms with Crippen molar-refractivity contribution in [3.05, 3.63) is 169 Å². The zero-order valence-electron chi connectivity index (χ0n) is 25.2. The lowest BCUT2D eigenvalue weighted by atomic mass is 10.0. The predicted molar refractivity (Wildman–Crippen MR) is 196 cm³/mol. The van der Waals surface area contributed by atoms with Gasteiger partial charge in [-0.1, -0.05) is 60.7 Å². The summed E-state index contributed by atoms with van der Waals surface area (Å²) in [5.74, 6) is 0. The van der Waals surface area contributed by atoms with Crippen LogP contribution in [0.4, 0.5) is 34.1 Å². The Bertz CT molecular complexity index is 2470. The van der Waals surface area contributed by atoms with E-state index in [1.807, 2.05) is 72.8 Å². The fourth-order valence-corrected chi connectivity index (χ4v) is 7.47. The zero-order valence-corrected chi connectivity index (χ0v) is 26.0. The van der Waals surface area contributed by atoms with Crippen LogP contribution in [0.1, 0.15) is 11.1 Å². The van der Waals surface area contributed by atoms with E-state index in [2.05, 4.69) is 107 Å². The van der Waals surface area contributed by atoms with Crippen molar-refractivity contribution in [2.75, 3.05) is 9.80 Å². The van der Waals surface area contributed by atoms with E-state index >= 15 is 0 Å². The van der Waals surface area contributed by atoms with Crippen molar-refractivity contribution in [3.63, 3.8) is 0 Å². The SMILES string of the molecule is N#Cc1ccc(N(c2ccccc2)c2ccc3sc4cc(N(c5ccccc5)c5ccc(C#N)cc5)c5ccccc5c4c3c2)cc1. The molecule has 0 N–H and O–H groups in total. The largest absolute Gasteiger partial charge is 0.310 e. The van der Waals surface area contributed by atoms with Crippen molar-refractivity contribution in [2.24, 2.45) is 0 Å². The topological polar surface area (TPSA) is 54.1 Å². The summed E-state index contributed by atoms with van der Waals surface area (Å²) in [7, 11) is 0. The van der Waals surface area contributed by atoms with Crippen molar-refractivity contribution in [3.8, 4) is 12.1 Å². The highest BCUT2D eigenvalue weighted by Gasteiger charge is 2.20. The molecule has 0 unspecified atom stereocenters. The maximum atomic E-state index is 9.46. The van der Waals surface area contributed by atoms with Gasteiger partial charge in [0.2, 0.25) is 0 Å². The molecule has 0 atom stereocenters. The average molecular weight is 619 g/mol. The van der Waals surface area contributed by atoms with E-state index in [4.69, 9.17) is 0 Å². The summed E-state index contributed by atoms with van der Waals surface area (Å²) in [4.78, 5) is 4.52. The van der Waals surface area contributed by atoms with Gasteiger partial charge in [-0.3, -0.25) is 0 Å². The first-order valence-electron chi connectivity index (χ1n) is 15.3. The summed E-state index contributed by atoms with van der Waals surface area (Å²) in [5, 5.41) is 23.6. The fraction of sp³-hybridized carbons (Fsp3) is 0. The van der Waals surface area contributed by atoms with E-state index < -0.39 is 0 Å². The minimum atomic E-state index is 0.632. The molecule has 0 saturated carbocycles. The molecule has 0 saturated heterocycles. The number of anilines is 6. The second-order valence-electron chi connectivity index (χ2n) is 11.3. The maximum Gasteiger partial charge on any atom is 0.0991 e. The van der Waals surface area contributed by atoms with Gasteiger partial charge in [0, 0.05) is 54.0 Å². The predicted octanol–water partition coefficient (Wildman–Crippen LogP) is 11.9. The minimum Gasteiger partial charge on any atom is -0.310 e. The lowest BCUT2D eigenvalue weighted by Gasteiger charge is -2.27. The fourth-order valence-electron chi connectivity index (χ4n) is 6.33. The van der Waals surface area contributed by atoms with Crippen molar-refractivity contribution in [1.29, 1.82) is 10.5 Å². The molecule has 0 aliphatic heterocycles. The van der Waals surface area contributed by atoms with Crippen LogP contribution in [0, 0.1) is 22.7 Å². The third kappa shape index (κ3) is 5.02. The molecule has 0 radical (unpaired) electrons. The lowest BCUT2D eigenvalue weighted by molar-refractivity contribution is 1.29. The number of thiophene rings is 1. The molecule has 1 heterocycles. The van der Waals surface area contributed by atoms with Crippen LogP contribution in [0.2, 0.25) is 0 Å². The molecule has 0 aliphatic carbocycles. The van der Waals surface area contributed by atoms with Crippen LogP contribution in [0.5, 0.6) is 0 Å². The maximum absolute atomic E-state index is 9.46. The average Bonchev–Trinajstić information content (AvgIpc) is 3.51. The van der Waals surface area contributed by atoms with E-state index in [9.17, 15) is 10.5 Å². The Hall–Kier alpha value is -6.40. The Labute approximate surface area is 276 Å². The van der Waals surface area contributed by atoms with E-state index in [0.29, 0.717) is 11.1 Å². The van der Waals surface area contributed by atoms with Gasteiger partial charge in [-0.25, -0.2) is 0 Å². The molecule has 7 aromatic carbocycles. The number of benzene rings is 7. The van der Waals surface area contributed by atoms with Crippen molar-refractivity contribution in [2.45, 2.75) is 0 Å². The number of hydrogen-bond acceptors (Lipinski definition) is 5. The number of hydrogen-bond donors (Lipinski definition) is 0. The normalized spacial score (nSPS) is 10.9. The minimum absolute atomic E-state index is 0.632. The van der Waals surface area contributed by atoms with Crippen LogP contribution in [-0.2, 0) is 0 Å². The lowest BCUT2D eigenvalue weighted by Crippen LogP contribution is -2.10. The molecule has 5 heteroatoms. The van der Waals surface area contributed by atoms with E-state index in [-0.39, 0.29) is 0 Å². The first-order valence-corrected chi connectivity index (χ1v) is 16.1. The number of rotatable bonds is 6. The van der Waals surface area contributed by atoms with Crippen LogP contribution in [0.3, 0.4) is 0 Å². The van der Waals surface area contributed by atoms with Crippen LogP contribution >= 0.6 is 11.3 Å². The molecule has 1 aromatic heterocycles. The van der Waals surface area contributed by atoms with Crippen LogP contribution < -0.4 is 9.80 Å². The molecule has 0 amide bonds. The number of para-hydroxylation sites is 2. The summed E-state index contributed by atoms with van der Waals surface area (Å²) in [6, 6.07) is 58.4. The van der Waals surface area contributed by atoms with Crippen molar-refractivity contribution in [1.82, 2.24) is 0 Å². The number of nitrogens with zero attached hydrogens (tertiary/aromatic N) is 4. The third-order valence-electron chi connectivity index (χ3n) is 8.48. The van der Waals surface area contributed by atoms with Crippen molar-refractivity contribution < 1.29 is 0 Å². The first-order chi connectivity index (χ1) is 23.2. The first kappa shape index (κ1) is 28.1. The third-order valence-corrected chi connectivity index (χ3v) is 9.59. The van der Waals surface area contributed by atoms with Gasteiger partial charge in [0.1, 0.15) is 0 Å². The van der Waals surface area contributed by atoms with Crippen LogP contribution in [-0.4, -0.2) is 0 Å². The van der Waals surface area contributed by atoms with Gasteiger partial charge in [0.25, 0.3) is 0 Å².